The van der Waals surface area contributed by atoms with Crippen LogP contribution in [0, 0.1) is 6.92 Å². The van der Waals surface area contributed by atoms with E-state index in [2.05, 4.69) is 110 Å². The molecule has 0 N–H and O–H groups in total. The molecule has 0 bridgehead atoms. The molecule has 0 spiro atoms. The second-order valence-electron chi connectivity index (χ2n) is 7.27. The third-order valence-corrected chi connectivity index (χ3v) is 5.21. The van der Waals surface area contributed by atoms with Crippen molar-refractivity contribution in [3.05, 3.63) is 84.1 Å². The van der Waals surface area contributed by atoms with Crippen LogP contribution >= 0.6 is 0 Å². The van der Waals surface area contributed by atoms with Gasteiger partial charge in [0.25, 0.3) is 0 Å². The number of para-hydroxylation sites is 2. The van der Waals surface area contributed by atoms with Crippen molar-refractivity contribution >= 4 is 10.9 Å². The molecule has 0 saturated carbocycles. The third kappa shape index (κ3) is 2.62. The molecular weight excluding hydrogens is 316 g/mol. The van der Waals surface area contributed by atoms with Crippen LogP contribution in [0.1, 0.15) is 30.9 Å². The van der Waals surface area contributed by atoms with Crippen molar-refractivity contribution in [2.75, 3.05) is 0 Å². The molecule has 4 rings (SSSR count). The summed E-state index contributed by atoms with van der Waals surface area (Å²) in [5, 5.41) is 1.30. The van der Waals surface area contributed by atoms with Crippen LogP contribution < -0.4 is 4.57 Å². The summed E-state index contributed by atoms with van der Waals surface area (Å²) in [5.74, 6) is 0.524. The lowest BCUT2D eigenvalue weighted by Crippen LogP contribution is -2.32. The maximum Gasteiger partial charge on any atom is 0.229 e. The third-order valence-electron chi connectivity index (χ3n) is 5.21. The van der Waals surface area contributed by atoms with E-state index in [0.717, 1.165) is 0 Å². The predicted octanol–water partition coefficient (Wildman–Crippen LogP) is 5.55. The van der Waals surface area contributed by atoms with Gasteiger partial charge in [0.1, 0.15) is 12.7 Å². The highest BCUT2D eigenvalue weighted by molar-refractivity contribution is 5.92. The first-order chi connectivity index (χ1) is 12.6. The van der Waals surface area contributed by atoms with E-state index < -0.39 is 0 Å². The number of rotatable bonds is 3. The van der Waals surface area contributed by atoms with Gasteiger partial charge in [0.15, 0.2) is 6.20 Å². The molecule has 0 amide bonds. The van der Waals surface area contributed by atoms with Crippen LogP contribution in [0.3, 0.4) is 0 Å². The highest BCUT2D eigenvalue weighted by Gasteiger charge is 2.23. The van der Waals surface area contributed by atoms with Gasteiger partial charge in [-0.2, -0.15) is 4.57 Å². The molecule has 0 unspecified atom stereocenters. The second kappa shape index (κ2) is 6.45. The number of fused-ring (bicyclic) bond motifs is 1. The smallest absolute Gasteiger partial charge is 0.229 e. The van der Waals surface area contributed by atoms with Gasteiger partial charge in [0.2, 0.25) is 5.69 Å². The van der Waals surface area contributed by atoms with E-state index in [0.29, 0.717) is 5.92 Å². The number of nitrogens with zero attached hydrogens (tertiary/aromatic N) is 2. The minimum atomic E-state index is 0.524. The molecule has 2 aromatic carbocycles. The zero-order valence-electron chi connectivity index (χ0n) is 15.9. The SMILES string of the molecule is Cc1c(-c2ccc(C(C)C)c[n+]2C)n(-c2ccccc2)c2ccccc12. The summed E-state index contributed by atoms with van der Waals surface area (Å²) in [7, 11) is 2.15. The summed E-state index contributed by atoms with van der Waals surface area (Å²) < 4.78 is 4.64. The van der Waals surface area contributed by atoms with Gasteiger partial charge in [-0.1, -0.05) is 50.2 Å². The summed E-state index contributed by atoms with van der Waals surface area (Å²) in [4.78, 5) is 0. The minimum absolute atomic E-state index is 0.524. The van der Waals surface area contributed by atoms with Crippen LogP contribution in [0.15, 0.2) is 72.9 Å². The Balaban J connectivity index is 2.06. The maximum atomic E-state index is 2.38. The molecule has 2 nitrogen and oxygen atoms in total. The van der Waals surface area contributed by atoms with Gasteiger partial charge < -0.3 is 4.57 Å². The normalized spacial score (nSPS) is 11.4. The molecule has 0 aliphatic rings. The Morgan fingerprint density at radius 2 is 1.54 bits per heavy atom. The van der Waals surface area contributed by atoms with E-state index in [1.807, 2.05) is 0 Å². The first kappa shape index (κ1) is 16.6. The van der Waals surface area contributed by atoms with E-state index in [1.165, 1.54) is 39.1 Å². The van der Waals surface area contributed by atoms with Gasteiger partial charge in [0.05, 0.1) is 5.52 Å². The quantitative estimate of drug-likeness (QED) is 0.432. The summed E-state index contributed by atoms with van der Waals surface area (Å²) in [6.45, 7) is 6.70. The molecule has 0 radical (unpaired) electrons. The van der Waals surface area contributed by atoms with Crippen LogP contribution in [0.5, 0.6) is 0 Å². The molecule has 0 fully saturated rings. The summed E-state index contributed by atoms with van der Waals surface area (Å²) >= 11 is 0. The van der Waals surface area contributed by atoms with Gasteiger partial charge in [-0.3, -0.25) is 0 Å². The first-order valence-electron chi connectivity index (χ1n) is 9.23. The van der Waals surface area contributed by atoms with Crippen LogP contribution in [-0.4, -0.2) is 4.57 Å². The van der Waals surface area contributed by atoms with Crippen molar-refractivity contribution in [3.8, 4) is 17.1 Å². The molecule has 0 aliphatic carbocycles. The van der Waals surface area contributed by atoms with Crippen molar-refractivity contribution in [2.45, 2.75) is 26.7 Å². The monoisotopic (exact) mass is 341 g/mol. The Morgan fingerprint density at radius 1 is 0.846 bits per heavy atom. The standard InChI is InChI=1S/C24H25N2/c1-17(2)19-14-15-23(25(4)16-19)24-18(3)21-12-8-9-13-22(21)26(24)20-10-6-5-7-11-20/h5-17H,1-4H3/q+1. The maximum absolute atomic E-state index is 2.38. The average molecular weight is 341 g/mol. The molecule has 4 aromatic rings. The van der Waals surface area contributed by atoms with Crippen LogP contribution in [0.2, 0.25) is 0 Å². The summed E-state index contributed by atoms with van der Waals surface area (Å²) in [5.41, 5.74) is 7.61. The molecule has 130 valence electrons. The van der Waals surface area contributed by atoms with Crippen molar-refractivity contribution in [1.82, 2.24) is 4.57 Å². The highest BCUT2D eigenvalue weighted by Crippen LogP contribution is 2.34. The minimum Gasteiger partial charge on any atom is -0.304 e. The second-order valence-corrected chi connectivity index (χ2v) is 7.27. The molecule has 0 saturated heterocycles. The molecule has 2 heteroatoms. The van der Waals surface area contributed by atoms with Crippen LogP contribution in [0.4, 0.5) is 0 Å². The van der Waals surface area contributed by atoms with E-state index in [1.54, 1.807) is 0 Å². The van der Waals surface area contributed by atoms with Crippen LogP contribution in [-0.2, 0) is 7.05 Å². The molecule has 2 heterocycles. The van der Waals surface area contributed by atoms with Crippen molar-refractivity contribution < 1.29 is 4.57 Å². The lowest BCUT2D eigenvalue weighted by Gasteiger charge is -2.11. The number of aromatic nitrogens is 2. The van der Waals surface area contributed by atoms with E-state index in [4.69, 9.17) is 0 Å². The number of hydrogen-bond acceptors (Lipinski definition) is 0. The van der Waals surface area contributed by atoms with Gasteiger partial charge in [-0.05, 0) is 42.7 Å². The molecule has 0 atom stereocenters. The van der Waals surface area contributed by atoms with Gasteiger partial charge in [0, 0.05) is 22.7 Å². The number of hydrogen-bond donors (Lipinski definition) is 0. The van der Waals surface area contributed by atoms with Gasteiger partial charge in [-0.15, -0.1) is 0 Å². The fourth-order valence-electron chi connectivity index (χ4n) is 3.77. The molecule has 0 aliphatic heterocycles. The summed E-state index contributed by atoms with van der Waals surface area (Å²) in [6.07, 6.45) is 2.26. The Kier molecular flexibility index (Phi) is 4.12. The fraction of sp³-hybridized carbons (Fsp3) is 0.208. The summed E-state index contributed by atoms with van der Waals surface area (Å²) in [6, 6.07) is 23.8. The number of benzene rings is 2. The molecule has 2 aromatic heterocycles. The van der Waals surface area contributed by atoms with Crippen molar-refractivity contribution in [1.29, 1.82) is 0 Å². The van der Waals surface area contributed by atoms with Gasteiger partial charge >= 0.3 is 0 Å². The number of aryl methyl sites for hydroxylation is 2. The topological polar surface area (TPSA) is 8.81 Å². The van der Waals surface area contributed by atoms with E-state index in [9.17, 15) is 0 Å². The largest absolute Gasteiger partial charge is 0.304 e. The molecular formula is C24H25N2+. The highest BCUT2D eigenvalue weighted by atomic mass is 15.0. The van der Waals surface area contributed by atoms with E-state index >= 15 is 0 Å². The first-order valence-corrected chi connectivity index (χ1v) is 9.23. The fourth-order valence-corrected chi connectivity index (χ4v) is 3.77. The van der Waals surface area contributed by atoms with Crippen LogP contribution in [0.25, 0.3) is 28.0 Å². The lowest BCUT2D eigenvalue weighted by atomic mass is 10.0. The Morgan fingerprint density at radius 3 is 2.23 bits per heavy atom. The zero-order valence-corrected chi connectivity index (χ0v) is 15.9. The zero-order chi connectivity index (χ0) is 18.3. The Bertz CT molecular complexity index is 1070. The lowest BCUT2D eigenvalue weighted by molar-refractivity contribution is -0.661. The Labute approximate surface area is 155 Å². The predicted molar refractivity (Wildman–Crippen MR) is 109 cm³/mol. The Hall–Kier alpha value is -2.87. The van der Waals surface area contributed by atoms with Crippen molar-refractivity contribution in [2.24, 2.45) is 7.05 Å². The van der Waals surface area contributed by atoms with E-state index in [-0.39, 0.29) is 0 Å². The molecule has 26 heavy (non-hydrogen) atoms. The van der Waals surface area contributed by atoms with Crippen molar-refractivity contribution in [3.63, 3.8) is 0 Å². The van der Waals surface area contributed by atoms with Gasteiger partial charge in [-0.25, -0.2) is 0 Å². The number of pyridine rings is 1. The average Bonchev–Trinajstić information content (AvgIpc) is 2.95.